The Morgan fingerprint density at radius 3 is 2.42 bits per heavy atom. The van der Waals surface area contributed by atoms with E-state index in [0.717, 1.165) is 0 Å². The number of hydrogen-bond donors (Lipinski definition) is 0. The molecule has 0 aromatic heterocycles. The zero-order chi connectivity index (χ0) is 9.78. The van der Waals surface area contributed by atoms with Gasteiger partial charge in [-0.1, -0.05) is 6.92 Å². The summed E-state index contributed by atoms with van der Waals surface area (Å²) in [4.78, 5) is 10.8. The van der Waals surface area contributed by atoms with Crippen LogP contribution in [0.15, 0.2) is 0 Å². The van der Waals surface area contributed by atoms with Crippen LogP contribution in [0.4, 0.5) is 0 Å². The maximum absolute atomic E-state index is 10.8. The number of hydrogen-bond acceptors (Lipinski definition) is 4. The van der Waals surface area contributed by atoms with E-state index < -0.39 is 20.9 Å². The van der Waals surface area contributed by atoms with Crippen LogP contribution in [-0.4, -0.2) is 27.2 Å². The Morgan fingerprint density at radius 1 is 1.58 bits per heavy atom. The SMILES string of the molecule is COC(=O)C(C)CCS(=O)(=O)Cl. The molecule has 0 spiro atoms. The fourth-order valence-electron chi connectivity index (χ4n) is 0.637. The highest BCUT2D eigenvalue weighted by molar-refractivity contribution is 8.13. The first-order valence-corrected chi connectivity index (χ1v) is 5.85. The number of rotatable bonds is 4. The molecule has 0 N–H and O–H groups in total. The second-order valence-corrected chi connectivity index (χ2v) is 5.35. The van der Waals surface area contributed by atoms with Gasteiger partial charge in [-0.15, -0.1) is 0 Å². The molecule has 0 aliphatic carbocycles. The third-order valence-corrected chi connectivity index (χ3v) is 2.58. The minimum Gasteiger partial charge on any atom is -0.469 e. The summed E-state index contributed by atoms with van der Waals surface area (Å²) in [5, 5.41) is 0. The van der Waals surface area contributed by atoms with E-state index in [4.69, 9.17) is 10.7 Å². The third-order valence-electron chi connectivity index (χ3n) is 1.40. The third kappa shape index (κ3) is 5.37. The Balaban J connectivity index is 3.88. The summed E-state index contributed by atoms with van der Waals surface area (Å²) in [6.45, 7) is 1.59. The number of methoxy groups -OCH3 is 1. The molecule has 72 valence electrons. The normalized spacial score (nSPS) is 13.9. The smallest absolute Gasteiger partial charge is 0.308 e. The van der Waals surface area contributed by atoms with Crippen molar-refractivity contribution in [1.82, 2.24) is 0 Å². The number of ether oxygens (including phenoxy) is 1. The highest BCUT2D eigenvalue weighted by atomic mass is 35.7. The molecule has 0 aromatic carbocycles. The Labute approximate surface area is 76.3 Å². The fourth-order valence-corrected chi connectivity index (χ4v) is 1.54. The lowest BCUT2D eigenvalue weighted by Crippen LogP contribution is -2.15. The van der Waals surface area contributed by atoms with Gasteiger partial charge in [0.25, 0.3) is 0 Å². The average Bonchev–Trinajstić information content (AvgIpc) is 1.97. The summed E-state index contributed by atoms with van der Waals surface area (Å²) < 4.78 is 25.3. The van der Waals surface area contributed by atoms with Gasteiger partial charge in [0.2, 0.25) is 9.05 Å². The van der Waals surface area contributed by atoms with Crippen molar-refractivity contribution in [1.29, 1.82) is 0 Å². The molecule has 0 aliphatic rings. The van der Waals surface area contributed by atoms with E-state index >= 15 is 0 Å². The molecule has 12 heavy (non-hydrogen) atoms. The van der Waals surface area contributed by atoms with Crippen molar-refractivity contribution in [3.8, 4) is 0 Å². The van der Waals surface area contributed by atoms with E-state index in [9.17, 15) is 13.2 Å². The molecular formula is C6H11ClO4S. The molecule has 0 rings (SSSR count). The number of halogens is 1. The first-order chi connectivity index (χ1) is 5.37. The van der Waals surface area contributed by atoms with Crippen molar-refractivity contribution in [2.75, 3.05) is 12.9 Å². The van der Waals surface area contributed by atoms with Gasteiger partial charge in [0, 0.05) is 10.7 Å². The van der Waals surface area contributed by atoms with Gasteiger partial charge in [-0.2, -0.15) is 0 Å². The van der Waals surface area contributed by atoms with Crippen LogP contribution in [0.2, 0.25) is 0 Å². The van der Waals surface area contributed by atoms with Crippen molar-refractivity contribution in [3.05, 3.63) is 0 Å². The second kappa shape index (κ2) is 4.67. The van der Waals surface area contributed by atoms with Gasteiger partial charge in [-0.3, -0.25) is 4.79 Å². The van der Waals surface area contributed by atoms with Crippen LogP contribution in [-0.2, 0) is 18.6 Å². The van der Waals surface area contributed by atoms with Gasteiger partial charge in [-0.25, -0.2) is 8.42 Å². The van der Waals surface area contributed by atoms with Gasteiger partial charge in [0.05, 0.1) is 18.8 Å². The lowest BCUT2D eigenvalue weighted by Gasteiger charge is -2.06. The van der Waals surface area contributed by atoms with Crippen LogP contribution in [0.5, 0.6) is 0 Å². The summed E-state index contributed by atoms with van der Waals surface area (Å²) in [6, 6.07) is 0. The molecule has 0 saturated heterocycles. The highest BCUT2D eigenvalue weighted by Crippen LogP contribution is 2.08. The van der Waals surface area contributed by atoms with Crippen LogP contribution >= 0.6 is 10.7 Å². The lowest BCUT2D eigenvalue weighted by atomic mass is 10.1. The predicted molar refractivity (Wildman–Crippen MR) is 45.4 cm³/mol. The molecule has 6 heteroatoms. The van der Waals surface area contributed by atoms with Crippen molar-refractivity contribution in [2.45, 2.75) is 13.3 Å². The van der Waals surface area contributed by atoms with Crippen LogP contribution < -0.4 is 0 Å². The Bertz CT molecular complexity index is 246. The molecule has 0 saturated carbocycles. The van der Waals surface area contributed by atoms with E-state index in [2.05, 4.69) is 4.74 Å². The summed E-state index contributed by atoms with van der Waals surface area (Å²) in [5.41, 5.74) is 0. The van der Waals surface area contributed by atoms with Gasteiger partial charge in [0.15, 0.2) is 0 Å². The van der Waals surface area contributed by atoms with E-state index in [1.807, 2.05) is 0 Å². The molecule has 0 radical (unpaired) electrons. The minimum absolute atomic E-state index is 0.193. The first-order valence-electron chi connectivity index (χ1n) is 3.37. The van der Waals surface area contributed by atoms with Gasteiger partial charge >= 0.3 is 5.97 Å². The van der Waals surface area contributed by atoms with Crippen LogP contribution in [0.1, 0.15) is 13.3 Å². The van der Waals surface area contributed by atoms with Crippen molar-refractivity contribution >= 4 is 25.7 Å². The van der Waals surface area contributed by atoms with Crippen molar-refractivity contribution in [3.63, 3.8) is 0 Å². The Kier molecular flexibility index (Phi) is 4.55. The van der Waals surface area contributed by atoms with Crippen LogP contribution in [0.25, 0.3) is 0 Å². The summed E-state index contributed by atoms with van der Waals surface area (Å²) >= 11 is 0. The Morgan fingerprint density at radius 2 is 2.08 bits per heavy atom. The lowest BCUT2D eigenvalue weighted by molar-refractivity contribution is -0.144. The van der Waals surface area contributed by atoms with Crippen molar-refractivity contribution in [2.24, 2.45) is 5.92 Å². The van der Waals surface area contributed by atoms with Gasteiger partial charge in [0.1, 0.15) is 0 Å². The second-order valence-electron chi connectivity index (χ2n) is 2.46. The summed E-state index contributed by atoms with van der Waals surface area (Å²) in [5.74, 6) is -1.05. The van der Waals surface area contributed by atoms with E-state index in [-0.39, 0.29) is 12.2 Å². The standard InChI is InChI=1S/C6H11ClO4S/c1-5(6(8)11-2)3-4-12(7,9)10/h5H,3-4H2,1-2H3. The Hall–Kier alpha value is -0.290. The van der Waals surface area contributed by atoms with Crippen molar-refractivity contribution < 1.29 is 17.9 Å². The zero-order valence-electron chi connectivity index (χ0n) is 6.91. The monoisotopic (exact) mass is 214 g/mol. The maximum atomic E-state index is 10.8. The quantitative estimate of drug-likeness (QED) is 0.512. The molecule has 4 nitrogen and oxygen atoms in total. The van der Waals surface area contributed by atoms with Crippen LogP contribution in [0.3, 0.4) is 0 Å². The average molecular weight is 215 g/mol. The molecule has 0 fully saturated rings. The number of carbonyl (C=O) groups is 1. The number of esters is 1. The number of carbonyl (C=O) groups excluding carboxylic acids is 1. The fraction of sp³-hybridized carbons (Fsp3) is 0.833. The molecule has 0 bridgehead atoms. The van der Waals surface area contributed by atoms with E-state index in [1.165, 1.54) is 7.11 Å². The first kappa shape index (κ1) is 11.7. The molecule has 0 aliphatic heterocycles. The topological polar surface area (TPSA) is 60.4 Å². The summed E-state index contributed by atoms with van der Waals surface area (Å²) in [6.07, 6.45) is 0.193. The molecule has 0 amide bonds. The maximum Gasteiger partial charge on any atom is 0.308 e. The molecule has 1 atom stereocenters. The van der Waals surface area contributed by atoms with E-state index in [0.29, 0.717) is 0 Å². The largest absolute Gasteiger partial charge is 0.469 e. The molecule has 1 unspecified atom stereocenters. The predicted octanol–water partition coefficient (Wildman–Crippen LogP) is 0.754. The van der Waals surface area contributed by atoms with Crippen LogP contribution in [0, 0.1) is 5.92 Å². The highest BCUT2D eigenvalue weighted by Gasteiger charge is 2.16. The molecule has 0 aromatic rings. The minimum atomic E-state index is -3.50. The van der Waals surface area contributed by atoms with Gasteiger partial charge < -0.3 is 4.74 Å². The zero-order valence-corrected chi connectivity index (χ0v) is 8.48. The molecular weight excluding hydrogens is 204 g/mol. The van der Waals surface area contributed by atoms with Gasteiger partial charge in [-0.05, 0) is 6.42 Å². The molecule has 0 heterocycles. The summed E-state index contributed by atoms with van der Waals surface area (Å²) in [7, 11) is 2.71. The van der Waals surface area contributed by atoms with E-state index in [1.54, 1.807) is 6.92 Å².